The molecule has 5 heteroatoms. The summed E-state index contributed by atoms with van der Waals surface area (Å²) in [5.74, 6) is -0.453. The van der Waals surface area contributed by atoms with Crippen molar-refractivity contribution >= 4 is 28.4 Å². The van der Waals surface area contributed by atoms with Gasteiger partial charge < -0.3 is 4.74 Å². The molecule has 0 aromatic carbocycles. The topological polar surface area (TPSA) is 55.7 Å². The zero-order valence-corrected chi connectivity index (χ0v) is 8.68. The second kappa shape index (κ2) is 4.69. The molecule has 0 aliphatic carbocycles. The van der Waals surface area contributed by atoms with E-state index in [1.54, 1.807) is 13.0 Å². The molecule has 1 aromatic heterocycles. The first-order valence-corrected chi connectivity index (χ1v) is 4.86. The molecule has 0 radical (unpaired) electrons. The molecule has 0 saturated carbocycles. The van der Waals surface area contributed by atoms with Crippen LogP contribution >= 0.6 is 11.3 Å². The van der Waals surface area contributed by atoms with Crippen LogP contribution in [0.1, 0.15) is 22.2 Å². The number of rotatable bonds is 3. The molecule has 0 saturated heterocycles. The molecule has 0 unspecified atom stereocenters. The van der Waals surface area contributed by atoms with Gasteiger partial charge in [-0.05, 0) is 19.9 Å². The predicted molar refractivity (Wildman–Crippen MR) is 52.8 cm³/mol. The van der Waals surface area contributed by atoms with Gasteiger partial charge in [0.25, 0.3) is 0 Å². The molecule has 0 bridgehead atoms. The molecule has 1 rings (SSSR count). The molecule has 1 aromatic rings. The van der Waals surface area contributed by atoms with Crippen molar-refractivity contribution in [3.05, 3.63) is 16.5 Å². The van der Waals surface area contributed by atoms with E-state index in [-0.39, 0.29) is 0 Å². The van der Waals surface area contributed by atoms with Gasteiger partial charge in [0.2, 0.25) is 6.08 Å². The highest BCUT2D eigenvalue weighted by Gasteiger charge is 2.15. The van der Waals surface area contributed by atoms with Crippen molar-refractivity contribution in [2.24, 2.45) is 4.99 Å². The number of esters is 1. The zero-order chi connectivity index (χ0) is 10.6. The number of isocyanates is 1. The molecule has 0 spiro atoms. The lowest BCUT2D eigenvalue weighted by molar-refractivity contribution is 0.0528. The number of nitrogens with zero attached hydrogens (tertiary/aromatic N) is 1. The monoisotopic (exact) mass is 211 g/mol. The molecule has 0 fully saturated rings. The molecule has 0 atom stereocenters. The van der Waals surface area contributed by atoms with Crippen molar-refractivity contribution in [2.45, 2.75) is 13.8 Å². The van der Waals surface area contributed by atoms with Crippen LogP contribution in [-0.4, -0.2) is 18.7 Å². The number of aliphatic imine (C=N–C) groups is 1. The quantitative estimate of drug-likeness (QED) is 0.437. The molecule has 0 aliphatic heterocycles. The minimum atomic E-state index is -0.453. The van der Waals surface area contributed by atoms with E-state index in [2.05, 4.69) is 4.99 Å². The van der Waals surface area contributed by atoms with Crippen LogP contribution in [-0.2, 0) is 9.53 Å². The summed E-state index contributed by atoms with van der Waals surface area (Å²) in [4.78, 5) is 25.8. The molecule has 0 amide bonds. The summed E-state index contributed by atoms with van der Waals surface area (Å²) in [5, 5.41) is 0.357. The maximum Gasteiger partial charge on any atom is 0.341 e. The highest BCUT2D eigenvalue weighted by atomic mass is 32.1. The zero-order valence-electron chi connectivity index (χ0n) is 7.86. The molecule has 1 heterocycles. The molecular weight excluding hydrogens is 202 g/mol. The molecule has 4 nitrogen and oxygen atoms in total. The van der Waals surface area contributed by atoms with Crippen molar-refractivity contribution in [2.75, 3.05) is 6.61 Å². The number of hydrogen-bond donors (Lipinski definition) is 0. The van der Waals surface area contributed by atoms with Crippen LogP contribution in [0.15, 0.2) is 11.1 Å². The van der Waals surface area contributed by atoms with Crippen LogP contribution in [0.2, 0.25) is 0 Å². The van der Waals surface area contributed by atoms with E-state index in [4.69, 9.17) is 4.74 Å². The summed E-state index contributed by atoms with van der Waals surface area (Å²) < 4.78 is 4.81. The first kappa shape index (κ1) is 10.6. The summed E-state index contributed by atoms with van der Waals surface area (Å²) in [7, 11) is 0. The van der Waals surface area contributed by atoms with Gasteiger partial charge >= 0.3 is 5.97 Å². The maximum atomic E-state index is 11.3. The number of ether oxygens (including phenoxy) is 1. The predicted octanol–water partition coefficient (Wildman–Crippen LogP) is 2.20. The number of aryl methyl sites for hydroxylation is 1. The standard InChI is InChI=1S/C9H9NO3S/c1-3-13-9(12)7-4-6(2)14-8(7)10-5-11/h4H,3H2,1-2H3. The van der Waals surface area contributed by atoms with Crippen molar-refractivity contribution in [3.63, 3.8) is 0 Å². The Balaban J connectivity index is 3.05. The summed E-state index contributed by atoms with van der Waals surface area (Å²) in [6, 6.07) is 1.65. The van der Waals surface area contributed by atoms with Gasteiger partial charge in [-0.1, -0.05) is 0 Å². The first-order chi connectivity index (χ1) is 6.69. The third-order valence-electron chi connectivity index (χ3n) is 1.48. The Labute approximate surface area is 85.2 Å². The van der Waals surface area contributed by atoms with E-state index in [1.165, 1.54) is 17.4 Å². The van der Waals surface area contributed by atoms with Gasteiger partial charge in [0, 0.05) is 4.88 Å². The number of carbonyl (C=O) groups excluding carboxylic acids is 2. The van der Waals surface area contributed by atoms with Gasteiger partial charge in [0.1, 0.15) is 5.00 Å². The minimum absolute atomic E-state index is 0.304. The maximum absolute atomic E-state index is 11.3. The fourth-order valence-corrected chi connectivity index (χ4v) is 1.80. The first-order valence-electron chi connectivity index (χ1n) is 4.04. The lowest BCUT2D eigenvalue weighted by atomic mass is 10.3. The lowest BCUT2D eigenvalue weighted by Gasteiger charge is -1.98. The number of carbonyl (C=O) groups is 1. The average molecular weight is 211 g/mol. The van der Waals surface area contributed by atoms with Gasteiger partial charge in [-0.15, -0.1) is 11.3 Å². The van der Waals surface area contributed by atoms with E-state index in [0.717, 1.165) is 4.88 Å². The van der Waals surface area contributed by atoms with E-state index in [9.17, 15) is 9.59 Å². The lowest BCUT2D eigenvalue weighted by Crippen LogP contribution is -2.03. The largest absolute Gasteiger partial charge is 0.462 e. The number of hydrogen-bond acceptors (Lipinski definition) is 5. The van der Waals surface area contributed by atoms with E-state index in [1.807, 2.05) is 6.92 Å². The molecular formula is C9H9NO3S. The van der Waals surface area contributed by atoms with Crippen LogP contribution in [0.25, 0.3) is 0 Å². The summed E-state index contributed by atoms with van der Waals surface area (Å²) >= 11 is 1.26. The van der Waals surface area contributed by atoms with Gasteiger partial charge in [0.05, 0.1) is 12.2 Å². The van der Waals surface area contributed by atoms with Gasteiger partial charge in [-0.2, -0.15) is 4.99 Å². The Bertz CT molecular complexity index is 391. The fourth-order valence-electron chi connectivity index (χ4n) is 0.982. The van der Waals surface area contributed by atoms with Gasteiger partial charge in [-0.3, -0.25) is 0 Å². The van der Waals surface area contributed by atoms with Crippen LogP contribution < -0.4 is 0 Å². The van der Waals surface area contributed by atoms with Crippen molar-refractivity contribution in [3.8, 4) is 0 Å². The second-order valence-corrected chi connectivity index (χ2v) is 3.73. The minimum Gasteiger partial charge on any atom is -0.462 e. The Kier molecular flexibility index (Phi) is 3.56. The highest BCUT2D eigenvalue weighted by molar-refractivity contribution is 7.16. The van der Waals surface area contributed by atoms with Crippen molar-refractivity contribution in [1.29, 1.82) is 0 Å². The Morgan fingerprint density at radius 2 is 2.43 bits per heavy atom. The SMILES string of the molecule is CCOC(=O)c1cc(C)sc1N=C=O. The smallest absolute Gasteiger partial charge is 0.341 e. The number of thiophene rings is 1. The highest BCUT2D eigenvalue weighted by Crippen LogP contribution is 2.30. The molecule has 0 aliphatic rings. The van der Waals surface area contributed by atoms with Crippen LogP contribution in [0.4, 0.5) is 5.00 Å². The summed E-state index contributed by atoms with van der Waals surface area (Å²) in [6.07, 6.45) is 1.41. The summed E-state index contributed by atoms with van der Waals surface area (Å²) in [6.45, 7) is 3.86. The molecule has 74 valence electrons. The average Bonchev–Trinajstić information content (AvgIpc) is 2.48. The van der Waals surface area contributed by atoms with Crippen molar-refractivity contribution in [1.82, 2.24) is 0 Å². The molecule has 0 N–H and O–H groups in total. The van der Waals surface area contributed by atoms with Crippen LogP contribution in [0, 0.1) is 6.92 Å². The Morgan fingerprint density at radius 3 is 3.00 bits per heavy atom. The van der Waals surface area contributed by atoms with E-state index in [0.29, 0.717) is 17.2 Å². The Hall–Kier alpha value is -1.45. The third-order valence-corrected chi connectivity index (χ3v) is 2.42. The second-order valence-electron chi connectivity index (χ2n) is 2.50. The Morgan fingerprint density at radius 1 is 1.71 bits per heavy atom. The third kappa shape index (κ3) is 2.28. The van der Waals surface area contributed by atoms with Crippen LogP contribution in [0.3, 0.4) is 0 Å². The van der Waals surface area contributed by atoms with Crippen molar-refractivity contribution < 1.29 is 14.3 Å². The van der Waals surface area contributed by atoms with Crippen LogP contribution in [0.5, 0.6) is 0 Å². The van der Waals surface area contributed by atoms with E-state index < -0.39 is 5.97 Å². The summed E-state index contributed by atoms with van der Waals surface area (Å²) in [5.41, 5.74) is 0.331. The van der Waals surface area contributed by atoms with Gasteiger partial charge in [0.15, 0.2) is 0 Å². The fraction of sp³-hybridized carbons (Fsp3) is 0.333. The normalized spacial score (nSPS) is 9.29. The molecule has 14 heavy (non-hydrogen) atoms. The van der Waals surface area contributed by atoms with E-state index >= 15 is 0 Å². The van der Waals surface area contributed by atoms with Gasteiger partial charge in [-0.25, -0.2) is 9.59 Å².